The van der Waals surface area contributed by atoms with Crippen LogP contribution in [0.1, 0.15) is 23.6 Å². The lowest BCUT2D eigenvalue weighted by Crippen LogP contribution is -1.92. The Kier molecular flexibility index (Phi) is 5.24. The van der Waals surface area contributed by atoms with Crippen molar-refractivity contribution >= 4 is 23.7 Å². The summed E-state index contributed by atoms with van der Waals surface area (Å²) < 4.78 is 0. The van der Waals surface area contributed by atoms with Gasteiger partial charge in [0.2, 0.25) is 0 Å². The summed E-state index contributed by atoms with van der Waals surface area (Å²) in [4.78, 5) is 1.30. The van der Waals surface area contributed by atoms with Gasteiger partial charge in [-0.15, -0.1) is 11.8 Å². The number of anilines is 1. The van der Waals surface area contributed by atoms with E-state index in [-0.39, 0.29) is 0 Å². The molecule has 2 aromatic carbocycles. The Hall–Kier alpha value is -1.74. The second-order valence-corrected chi connectivity index (χ2v) is 6.01. The molecule has 0 aromatic heterocycles. The van der Waals surface area contributed by atoms with Crippen LogP contribution in [-0.2, 0) is 0 Å². The third kappa shape index (κ3) is 4.14. The molecule has 3 heteroatoms. The maximum absolute atomic E-state index is 4.28. The molecule has 104 valence electrons. The topological polar surface area (TPSA) is 24.4 Å². The number of hydrogen-bond donors (Lipinski definition) is 1. The van der Waals surface area contributed by atoms with E-state index < -0.39 is 0 Å². The van der Waals surface area contributed by atoms with Gasteiger partial charge in [-0.3, -0.25) is 5.43 Å². The Morgan fingerprint density at radius 3 is 2.45 bits per heavy atom. The Balaban J connectivity index is 1.97. The molecule has 0 aliphatic heterocycles. The van der Waals surface area contributed by atoms with E-state index in [0.29, 0.717) is 0 Å². The minimum atomic E-state index is 1.02. The van der Waals surface area contributed by atoms with Gasteiger partial charge in [0.15, 0.2) is 0 Å². The molecule has 0 saturated carbocycles. The summed E-state index contributed by atoms with van der Waals surface area (Å²) in [5.74, 6) is 1.10. The summed E-state index contributed by atoms with van der Waals surface area (Å²) in [6.45, 7) is 6.38. The highest BCUT2D eigenvalue weighted by Crippen LogP contribution is 2.17. The molecule has 2 nitrogen and oxygen atoms in total. The summed E-state index contributed by atoms with van der Waals surface area (Å²) in [5, 5.41) is 4.28. The van der Waals surface area contributed by atoms with Crippen molar-refractivity contribution in [3.05, 3.63) is 59.2 Å². The van der Waals surface area contributed by atoms with Crippen LogP contribution in [0, 0.1) is 13.8 Å². The summed E-state index contributed by atoms with van der Waals surface area (Å²) in [6.07, 6.45) is 1.84. The third-order valence-electron chi connectivity index (χ3n) is 3.11. The average Bonchev–Trinajstić information content (AvgIpc) is 2.45. The van der Waals surface area contributed by atoms with E-state index in [4.69, 9.17) is 0 Å². The molecule has 0 aliphatic rings. The van der Waals surface area contributed by atoms with Crippen LogP contribution in [0.2, 0.25) is 0 Å². The predicted octanol–water partition coefficient (Wildman–Crippen LogP) is 4.86. The number of rotatable bonds is 5. The minimum Gasteiger partial charge on any atom is -0.278 e. The Morgan fingerprint density at radius 2 is 1.80 bits per heavy atom. The van der Waals surface area contributed by atoms with Crippen LogP contribution in [-0.4, -0.2) is 12.0 Å². The molecule has 0 aliphatic carbocycles. The molecule has 0 fully saturated rings. The van der Waals surface area contributed by atoms with Crippen molar-refractivity contribution in [2.45, 2.75) is 25.7 Å². The second-order valence-electron chi connectivity index (χ2n) is 4.67. The summed E-state index contributed by atoms with van der Waals surface area (Å²) in [7, 11) is 0. The highest BCUT2D eigenvalue weighted by molar-refractivity contribution is 7.99. The Bertz CT molecular complexity index is 588. The first-order valence-electron chi connectivity index (χ1n) is 6.78. The van der Waals surface area contributed by atoms with Crippen LogP contribution in [0.4, 0.5) is 5.69 Å². The maximum atomic E-state index is 4.28. The van der Waals surface area contributed by atoms with Gasteiger partial charge in [-0.2, -0.15) is 5.10 Å². The summed E-state index contributed by atoms with van der Waals surface area (Å²) in [6, 6.07) is 14.7. The van der Waals surface area contributed by atoms with Crippen molar-refractivity contribution in [2.75, 3.05) is 11.2 Å². The van der Waals surface area contributed by atoms with Gasteiger partial charge in [0.25, 0.3) is 0 Å². The van der Waals surface area contributed by atoms with Crippen molar-refractivity contribution in [2.24, 2.45) is 5.10 Å². The van der Waals surface area contributed by atoms with Gasteiger partial charge in [-0.1, -0.05) is 25.1 Å². The van der Waals surface area contributed by atoms with Gasteiger partial charge < -0.3 is 0 Å². The van der Waals surface area contributed by atoms with Crippen molar-refractivity contribution in [3.8, 4) is 0 Å². The van der Waals surface area contributed by atoms with Crippen LogP contribution >= 0.6 is 11.8 Å². The van der Waals surface area contributed by atoms with Gasteiger partial charge in [0.1, 0.15) is 0 Å². The van der Waals surface area contributed by atoms with Gasteiger partial charge in [-0.25, -0.2) is 0 Å². The molecule has 0 saturated heterocycles. The number of benzene rings is 2. The van der Waals surface area contributed by atoms with E-state index in [9.17, 15) is 0 Å². The fourth-order valence-electron chi connectivity index (χ4n) is 1.81. The monoisotopic (exact) mass is 284 g/mol. The number of aryl methyl sites for hydroxylation is 2. The molecule has 2 aromatic rings. The molecule has 20 heavy (non-hydrogen) atoms. The minimum absolute atomic E-state index is 1.02. The largest absolute Gasteiger partial charge is 0.278 e. The normalized spacial score (nSPS) is 10.9. The van der Waals surface area contributed by atoms with E-state index in [1.54, 1.807) is 0 Å². The summed E-state index contributed by atoms with van der Waals surface area (Å²) >= 11 is 1.85. The number of thioether (sulfide) groups is 1. The maximum Gasteiger partial charge on any atom is 0.0564 e. The zero-order valence-corrected chi connectivity index (χ0v) is 13.0. The van der Waals surface area contributed by atoms with Crippen molar-refractivity contribution in [3.63, 3.8) is 0 Å². The van der Waals surface area contributed by atoms with Gasteiger partial charge in [0.05, 0.1) is 11.9 Å². The molecular weight excluding hydrogens is 264 g/mol. The second kappa shape index (κ2) is 7.15. The summed E-state index contributed by atoms with van der Waals surface area (Å²) in [5.41, 5.74) is 7.74. The first kappa shape index (κ1) is 14.7. The quantitative estimate of drug-likeness (QED) is 0.481. The fraction of sp³-hybridized carbons (Fsp3) is 0.235. The zero-order chi connectivity index (χ0) is 14.4. The standard InChI is InChI=1S/C17H20N2S/c1-4-20-17-9-6-15(7-10-17)12-18-19-16-8-5-13(2)14(3)11-16/h5-12,19H,4H2,1-3H3. The lowest BCUT2D eigenvalue weighted by Gasteiger charge is -2.04. The Labute approximate surface area is 125 Å². The van der Waals surface area contributed by atoms with Gasteiger partial charge >= 0.3 is 0 Å². The Morgan fingerprint density at radius 1 is 1.05 bits per heavy atom. The van der Waals surface area contributed by atoms with Crippen LogP contribution in [0.25, 0.3) is 0 Å². The molecule has 0 radical (unpaired) electrons. The number of nitrogens with zero attached hydrogens (tertiary/aromatic N) is 1. The van der Waals surface area contributed by atoms with E-state index in [0.717, 1.165) is 17.0 Å². The van der Waals surface area contributed by atoms with Crippen LogP contribution in [0.3, 0.4) is 0 Å². The van der Waals surface area contributed by atoms with Crippen LogP contribution in [0.5, 0.6) is 0 Å². The van der Waals surface area contributed by atoms with Crippen LogP contribution < -0.4 is 5.43 Å². The number of hydrogen-bond acceptors (Lipinski definition) is 3. The van der Waals surface area contributed by atoms with Crippen LogP contribution in [0.15, 0.2) is 52.5 Å². The van der Waals surface area contributed by atoms with Gasteiger partial charge in [-0.05, 0) is 60.6 Å². The smallest absolute Gasteiger partial charge is 0.0564 e. The highest BCUT2D eigenvalue weighted by atomic mass is 32.2. The molecule has 0 heterocycles. The number of nitrogens with one attached hydrogen (secondary N) is 1. The van der Waals surface area contributed by atoms with E-state index in [2.05, 4.69) is 67.7 Å². The van der Waals surface area contributed by atoms with Crippen molar-refractivity contribution in [1.29, 1.82) is 0 Å². The lowest BCUT2D eigenvalue weighted by atomic mass is 10.1. The molecule has 0 unspecified atom stereocenters. The lowest BCUT2D eigenvalue weighted by molar-refractivity contribution is 1.29. The zero-order valence-electron chi connectivity index (χ0n) is 12.2. The molecule has 0 bridgehead atoms. The average molecular weight is 284 g/mol. The number of hydrazone groups is 1. The van der Waals surface area contributed by atoms with Gasteiger partial charge in [0, 0.05) is 4.90 Å². The molecule has 0 spiro atoms. The first-order chi connectivity index (χ1) is 9.69. The molecule has 0 amide bonds. The first-order valence-corrected chi connectivity index (χ1v) is 7.77. The molecular formula is C17H20N2S. The van der Waals surface area contributed by atoms with Crippen molar-refractivity contribution < 1.29 is 0 Å². The van der Waals surface area contributed by atoms with Crippen molar-refractivity contribution in [1.82, 2.24) is 0 Å². The predicted molar refractivity (Wildman–Crippen MR) is 90.0 cm³/mol. The van der Waals surface area contributed by atoms with E-state index >= 15 is 0 Å². The van der Waals surface area contributed by atoms with E-state index in [1.165, 1.54) is 16.0 Å². The highest BCUT2D eigenvalue weighted by Gasteiger charge is 1.95. The van der Waals surface area contributed by atoms with E-state index in [1.807, 2.05) is 24.0 Å². The third-order valence-corrected chi connectivity index (χ3v) is 4.00. The molecule has 0 atom stereocenters. The fourth-order valence-corrected chi connectivity index (χ4v) is 2.47. The molecule has 1 N–H and O–H groups in total. The SMILES string of the molecule is CCSc1ccc(C=NNc2ccc(C)c(C)c2)cc1. The molecule has 2 rings (SSSR count).